The highest BCUT2D eigenvalue weighted by molar-refractivity contribution is 9.12. The molecule has 0 bridgehead atoms. The van der Waals surface area contributed by atoms with E-state index in [4.69, 9.17) is 20.7 Å². The fourth-order valence-electron chi connectivity index (χ4n) is 3.71. The summed E-state index contributed by atoms with van der Waals surface area (Å²) < 4.78 is 5.03. The number of anilines is 1. The molecule has 240 valence electrons. The number of aliphatic hydroxyl groups excluding tert-OH is 1. The largest absolute Gasteiger partial charge is 0.506 e. The molecule has 0 saturated carbocycles. The van der Waals surface area contributed by atoms with E-state index in [0.717, 1.165) is 11.6 Å². The predicted molar refractivity (Wildman–Crippen MR) is 162 cm³/mol. The number of nitrogens with two attached hydrogens (primary N) is 1. The number of phenols is 1. The molecule has 2 atom stereocenters. The van der Waals surface area contributed by atoms with Crippen molar-refractivity contribution in [2.75, 3.05) is 44.8 Å². The Morgan fingerprint density at radius 2 is 1.67 bits per heavy atom. The van der Waals surface area contributed by atoms with Gasteiger partial charge in [-0.3, -0.25) is 24.0 Å². The molecule has 0 heterocycles. The van der Waals surface area contributed by atoms with Crippen LogP contribution in [0.15, 0.2) is 28.8 Å². The molecule has 0 radical (unpaired) electrons. The standard InChI is InChI=1S/C28H42BrN5O9/c1-18(28(41)42)14-20(30)15-19-6-7-23(36)22(16-19)34-25(38)5-3-8-31-26(39)17-21(29)27(40)33-9-2-4-24(37)32-10-12-43-13-11-35/h6-7,16-18,20,35-36H,2-5,8-15,30H2,1H3,(H,31,39)(H,32,37)(H,33,40)(H,34,38)(H,41,42)/b21-17-/t18?,20-/m1/s1. The molecule has 0 aliphatic heterocycles. The number of rotatable bonds is 21. The molecule has 14 nitrogen and oxygen atoms in total. The molecular weight excluding hydrogens is 630 g/mol. The zero-order chi connectivity index (χ0) is 32.2. The van der Waals surface area contributed by atoms with Crippen LogP contribution >= 0.6 is 15.9 Å². The highest BCUT2D eigenvalue weighted by Gasteiger charge is 2.17. The topological polar surface area (TPSA) is 229 Å². The van der Waals surface area contributed by atoms with Crippen LogP contribution in [0.2, 0.25) is 0 Å². The Morgan fingerprint density at radius 1 is 1.00 bits per heavy atom. The number of aliphatic carboxylic acids is 1. The van der Waals surface area contributed by atoms with Crippen LogP contribution in [0.25, 0.3) is 0 Å². The van der Waals surface area contributed by atoms with Crippen molar-refractivity contribution in [3.8, 4) is 5.75 Å². The van der Waals surface area contributed by atoms with E-state index in [-0.39, 0.29) is 73.3 Å². The number of aliphatic hydroxyl groups is 1. The third kappa shape index (κ3) is 17.2. The molecule has 1 aromatic carbocycles. The van der Waals surface area contributed by atoms with Crippen molar-refractivity contribution in [2.45, 2.75) is 51.5 Å². The Labute approximate surface area is 258 Å². The first-order chi connectivity index (χ1) is 20.4. The molecular formula is C28H42BrN5O9. The maximum atomic E-state index is 12.4. The first-order valence-corrected chi connectivity index (χ1v) is 14.7. The van der Waals surface area contributed by atoms with Gasteiger partial charge in [-0.15, -0.1) is 0 Å². The Kier molecular flexibility index (Phi) is 18.5. The molecule has 1 aromatic rings. The van der Waals surface area contributed by atoms with Gasteiger partial charge in [0.2, 0.25) is 17.7 Å². The highest BCUT2D eigenvalue weighted by atomic mass is 79.9. The van der Waals surface area contributed by atoms with Gasteiger partial charge in [-0.25, -0.2) is 0 Å². The molecule has 15 heteroatoms. The van der Waals surface area contributed by atoms with Gasteiger partial charge in [0.1, 0.15) is 5.75 Å². The maximum absolute atomic E-state index is 12.4. The molecule has 9 N–H and O–H groups in total. The van der Waals surface area contributed by atoms with Gasteiger partial charge in [0.15, 0.2) is 0 Å². The maximum Gasteiger partial charge on any atom is 0.306 e. The molecule has 1 rings (SSSR count). The number of carboxylic acids is 1. The number of carbonyl (C=O) groups excluding carboxylic acids is 4. The molecule has 0 aliphatic carbocycles. The van der Waals surface area contributed by atoms with Gasteiger partial charge in [0, 0.05) is 44.6 Å². The Bertz CT molecular complexity index is 1120. The van der Waals surface area contributed by atoms with Crippen molar-refractivity contribution in [3.63, 3.8) is 0 Å². The molecule has 0 spiro atoms. The Balaban J connectivity index is 2.33. The smallest absolute Gasteiger partial charge is 0.306 e. The predicted octanol–water partition coefficient (Wildman–Crippen LogP) is 0.508. The monoisotopic (exact) mass is 671 g/mol. The summed E-state index contributed by atoms with van der Waals surface area (Å²) >= 11 is 3.05. The number of carbonyl (C=O) groups is 5. The molecule has 0 fully saturated rings. The van der Waals surface area contributed by atoms with E-state index >= 15 is 0 Å². The van der Waals surface area contributed by atoms with E-state index in [2.05, 4.69) is 37.2 Å². The molecule has 1 unspecified atom stereocenters. The van der Waals surface area contributed by atoms with E-state index in [1.54, 1.807) is 19.1 Å². The number of aromatic hydroxyl groups is 1. The second-order valence-electron chi connectivity index (χ2n) is 9.77. The normalized spacial score (nSPS) is 12.6. The number of carboxylic acid groups (broad SMARTS) is 1. The fourth-order valence-corrected chi connectivity index (χ4v) is 4.06. The fraction of sp³-hybridized carbons (Fsp3) is 0.536. The van der Waals surface area contributed by atoms with Crippen LogP contribution in [-0.2, 0) is 35.1 Å². The SMILES string of the molecule is CC(C[C@@H](N)Cc1ccc(O)c(NC(=O)CCCNC(=O)/C=C(\Br)C(=O)NCCCC(=O)NCCOCCO)c1)C(=O)O. The van der Waals surface area contributed by atoms with Crippen LogP contribution < -0.4 is 27.0 Å². The lowest BCUT2D eigenvalue weighted by atomic mass is 9.96. The number of phenolic OH excluding ortho intramolecular Hbond substituents is 1. The van der Waals surface area contributed by atoms with Crippen LogP contribution in [0.1, 0.15) is 44.6 Å². The molecule has 4 amide bonds. The lowest BCUT2D eigenvalue weighted by molar-refractivity contribution is -0.141. The summed E-state index contributed by atoms with van der Waals surface area (Å²) in [5, 5.41) is 38.2. The number of halogens is 1. The van der Waals surface area contributed by atoms with E-state index in [1.165, 1.54) is 6.07 Å². The first kappa shape index (κ1) is 37.5. The van der Waals surface area contributed by atoms with E-state index < -0.39 is 29.7 Å². The summed E-state index contributed by atoms with van der Waals surface area (Å²) in [5.41, 5.74) is 6.98. The summed E-state index contributed by atoms with van der Waals surface area (Å²) in [7, 11) is 0. The van der Waals surface area contributed by atoms with Crippen LogP contribution in [-0.4, -0.2) is 90.4 Å². The molecule has 0 aromatic heterocycles. The average molecular weight is 673 g/mol. The number of hydrogen-bond donors (Lipinski definition) is 8. The van der Waals surface area contributed by atoms with Gasteiger partial charge in [-0.05, 0) is 59.3 Å². The van der Waals surface area contributed by atoms with Gasteiger partial charge in [0.05, 0.1) is 35.9 Å². The minimum atomic E-state index is -0.927. The van der Waals surface area contributed by atoms with Gasteiger partial charge >= 0.3 is 5.97 Å². The van der Waals surface area contributed by atoms with Gasteiger partial charge < -0.3 is 47.1 Å². The minimum absolute atomic E-state index is 0.000666. The van der Waals surface area contributed by atoms with Gasteiger partial charge in [-0.2, -0.15) is 0 Å². The quantitative estimate of drug-likeness (QED) is 0.0513. The minimum Gasteiger partial charge on any atom is -0.506 e. The highest BCUT2D eigenvalue weighted by Crippen LogP contribution is 2.25. The summed E-state index contributed by atoms with van der Waals surface area (Å²) in [4.78, 5) is 59.3. The second kappa shape index (κ2) is 21.2. The second-order valence-corrected chi connectivity index (χ2v) is 10.6. The number of ether oxygens (including phenoxy) is 1. The lowest BCUT2D eigenvalue weighted by Gasteiger charge is -2.15. The summed E-state index contributed by atoms with van der Waals surface area (Å²) in [6.07, 6.45) is 2.66. The average Bonchev–Trinajstić information content (AvgIpc) is 2.94. The van der Waals surface area contributed by atoms with Gasteiger partial charge in [0.25, 0.3) is 5.91 Å². The summed E-state index contributed by atoms with van der Waals surface area (Å²) in [5.74, 6) is -3.29. The zero-order valence-corrected chi connectivity index (χ0v) is 25.8. The first-order valence-electron chi connectivity index (χ1n) is 13.9. The molecule has 43 heavy (non-hydrogen) atoms. The zero-order valence-electron chi connectivity index (χ0n) is 24.2. The van der Waals surface area contributed by atoms with Crippen LogP contribution in [0, 0.1) is 5.92 Å². The van der Waals surface area contributed by atoms with E-state index in [1.807, 2.05) is 0 Å². The van der Waals surface area contributed by atoms with Crippen LogP contribution in [0.3, 0.4) is 0 Å². The Morgan fingerprint density at radius 3 is 2.35 bits per heavy atom. The number of nitrogens with one attached hydrogen (secondary N) is 4. The third-order valence-electron chi connectivity index (χ3n) is 5.94. The van der Waals surface area contributed by atoms with E-state index in [0.29, 0.717) is 32.4 Å². The summed E-state index contributed by atoms with van der Waals surface area (Å²) in [6, 6.07) is 4.25. The number of amides is 4. The van der Waals surface area contributed by atoms with Crippen molar-refractivity contribution in [1.29, 1.82) is 0 Å². The van der Waals surface area contributed by atoms with Gasteiger partial charge in [-0.1, -0.05) is 13.0 Å². The Hall–Kier alpha value is -3.53. The summed E-state index contributed by atoms with van der Waals surface area (Å²) in [6.45, 7) is 2.71. The van der Waals surface area contributed by atoms with Crippen molar-refractivity contribution in [3.05, 3.63) is 34.3 Å². The number of hydrogen-bond acceptors (Lipinski definition) is 9. The van der Waals surface area contributed by atoms with Crippen LogP contribution in [0.5, 0.6) is 5.75 Å². The number of benzene rings is 1. The van der Waals surface area contributed by atoms with Crippen molar-refractivity contribution < 1.29 is 44.0 Å². The molecule has 0 aliphatic rings. The lowest BCUT2D eigenvalue weighted by Crippen LogP contribution is -2.30. The third-order valence-corrected chi connectivity index (χ3v) is 6.52. The van der Waals surface area contributed by atoms with Crippen molar-refractivity contribution in [2.24, 2.45) is 11.7 Å². The van der Waals surface area contributed by atoms with E-state index in [9.17, 15) is 29.1 Å². The van der Waals surface area contributed by atoms with Crippen LogP contribution in [0.4, 0.5) is 5.69 Å². The van der Waals surface area contributed by atoms with Crippen molar-refractivity contribution in [1.82, 2.24) is 16.0 Å². The molecule has 0 saturated heterocycles. The van der Waals surface area contributed by atoms with Crippen molar-refractivity contribution >= 4 is 51.2 Å².